The van der Waals surface area contributed by atoms with Crippen molar-refractivity contribution < 1.29 is 18.9 Å². The lowest BCUT2D eigenvalue weighted by Gasteiger charge is -2.32. The number of H-pyrrole nitrogens is 1. The molecule has 3 heterocycles. The van der Waals surface area contributed by atoms with Gasteiger partial charge in [-0.25, -0.2) is 0 Å². The Kier molecular flexibility index (Phi) is 6.86. The molecule has 7 nitrogen and oxygen atoms in total. The van der Waals surface area contributed by atoms with Crippen molar-refractivity contribution in [1.82, 2.24) is 9.55 Å². The van der Waals surface area contributed by atoms with Crippen LogP contribution in [-0.4, -0.2) is 53.8 Å². The zero-order valence-corrected chi connectivity index (χ0v) is 17.2. The number of rotatable bonds is 10. The lowest BCUT2D eigenvalue weighted by molar-refractivity contribution is -0.195. The summed E-state index contributed by atoms with van der Waals surface area (Å²) in [5, 5.41) is 0. The number of unbranched alkanes of at least 4 members (excludes halogenated alkanes) is 2. The van der Waals surface area contributed by atoms with Crippen LogP contribution in [-0.2, 0) is 18.9 Å². The van der Waals surface area contributed by atoms with Gasteiger partial charge in [0, 0.05) is 25.0 Å². The zero-order chi connectivity index (χ0) is 19.4. The average molecular weight is 399 g/mol. The summed E-state index contributed by atoms with van der Waals surface area (Å²) >= 11 is 5.35. The normalized spacial score (nSPS) is 29.5. The summed E-state index contributed by atoms with van der Waals surface area (Å²) in [6.07, 6.45) is 4.92. The molecule has 1 aromatic heterocycles. The fraction of sp³-hybridized carbons (Fsp3) is 0.789. The van der Waals surface area contributed by atoms with Gasteiger partial charge in [0.1, 0.15) is 17.8 Å². The first-order valence-electron chi connectivity index (χ1n) is 9.83. The van der Waals surface area contributed by atoms with Crippen LogP contribution in [0.4, 0.5) is 0 Å². The monoisotopic (exact) mass is 398 g/mol. The van der Waals surface area contributed by atoms with Crippen molar-refractivity contribution in [2.45, 2.75) is 70.5 Å². The Hall–Kier alpha value is -1.06. The summed E-state index contributed by atoms with van der Waals surface area (Å²) in [6.45, 7) is 8.22. The van der Waals surface area contributed by atoms with E-state index in [1.54, 1.807) is 17.7 Å². The van der Waals surface area contributed by atoms with Crippen LogP contribution in [0.1, 0.15) is 51.3 Å². The standard InChI is InChI=1S/C19H30N2O5S/c1-4-6-8-23-11-19-12-25-14(15(19)24-9-7-5-2)17(26-19)21-10-13(3)16(22)20-18(21)27/h10,14-15,17H,4-9,11-12H2,1-3H3,(H,20,22,27)/t14-,15?,17+,19+/m0/s1. The number of hydrogen-bond donors (Lipinski definition) is 1. The Labute approximate surface area is 165 Å². The predicted octanol–water partition coefficient (Wildman–Crippen LogP) is 2.88. The maximum Gasteiger partial charge on any atom is 0.254 e. The summed E-state index contributed by atoms with van der Waals surface area (Å²) in [5.41, 5.74) is -0.254. The van der Waals surface area contributed by atoms with Crippen LogP contribution in [0.2, 0.25) is 0 Å². The van der Waals surface area contributed by atoms with Gasteiger partial charge in [-0.05, 0) is 32.0 Å². The topological polar surface area (TPSA) is 74.7 Å². The van der Waals surface area contributed by atoms with Gasteiger partial charge in [0.2, 0.25) is 0 Å². The first-order chi connectivity index (χ1) is 13.0. The van der Waals surface area contributed by atoms with E-state index in [0.717, 1.165) is 25.7 Å². The third kappa shape index (κ3) is 4.19. The van der Waals surface area contributed by atoms with Crippen molar-refractivity contribution in [3.8, 4) is 0 Å². The molecule has 2 bridgehead atoms. The second-order valence-corrected chi connectivity index (χ2v) is 7.77. The molecule has 1 N–H and O–H groups in total. The summed E-state index contributed by atoms with van der Waals surface area (Å²) in [5.74, 6) is 0. The fourth-order valence-electron chi connectivity index (χ4n) is 3.59. The maximum absolute atomic E-state index is 11.8. The number of nitrogens with one attached hydrogen (secondary N) is 1. The van der Waals surface area contributed by atoms with E-state index >= 15 is 0 Å². The second-order valence-electron chi connectivity index (χ2n) is 7.38. The molecule has 2 aliphatic heterocycles. The van der Waals surface area contributed by atoms with Crippen molar-refractivity contribution >= 4 is 12.2 Å². The van der Waals surface area contributed by atoms with Crippen LogP contribution >= 0.6 is 12.2 Å². The third-order valence-electron chi connectivity index (χ3n) is 5.18. The minimum absolute atomic E-state index is 0.186. The molecule has 27 heavy (non-hydrogen) atoms. The van der Waals surface area contributed by atoms with Crippen LogP contribution in [0.15, 0.2) is 11.0 Å². The van der Waals surface area contributed by atoms with Crippen molar-refractivity contribution in [2.75, 3.05) is 26.4 Å². The van der Waals surface area contributed by atoms with Gasteiger partial charge in [-0.2, -0.15) is 0 Å². The van der Waals surface area contributed by atoms with Crippen molar-refractivity contribution in [3.63, 3.8) is 0 Å². The number of aromatic amines is 1. The van der Waals surface area contributed by atoms with E-state index in [1.165, 1.54) is 0 Å². The smallest absolute Gasteiger partial charge is 0.254 e. The summed E-state index contributed by atoms with van der Waals surface area (Å²) in [7, 11) is 0. The third-order valence-corrected chi connectivity index (χ3v) is 5.49. The van der Waals surface area contributed by atoms with E-state index in [1.807, 2.05) is 0 Å². The number of hydrogen-bond acceptors (Lipinski definition) is 6. The molecular formula is C19H30N2O5S. The van der Waals surface area contributed by atoms with Crippen LogP contribution in [0, 0.1) is 11.7 Å². The Morgan fingerprint density at radius 1 is 1.33 bits per heavy atom. The number of ether oxygens (including phenoxy) is 4. The number of aromatic nitrogens is 2. The predicted molar refractivity (Wildman–Crippen MR) is 104 cm³/mol. The van der Waals surface area contributed by atoms with E-state index < -0.39 is 11.8 Å². The van der Waals surface area contributed by atoms with Gasteiger partial charge in [-0.3, -0.25) is 14.3 Å². The largest absolute Gasteiger partial charge is 0.378 e. The molecule has 152 valence electrons. The molecule has 8 heteroatoms. The molecule has 0 saturated carbocycles. The number of aryl methyl sites for hydroxylation is 1. The SMILES string of the molecule is CCCCOC[C@@]12CO[C@@H](C1OCCCC)[C@H](n1cc(C)c(=O)[nH]c1=S)O2. The van der Waals surface area contributed by atoms with E-state index in [-0.39, 0.29) is 17.8 Å². The molecule has 0 spiro atoms. The molecule has 2 saturated heterocycles. The molecule has 2 fully saturated rings. The van der Waals surface area contributed by atoms with Gasteiger partial charge in [0.05, 0.1) is 13.2 Å². The lowest BCUT2D eigenvalue weighted by atomic mass is 10.00. The highest BCUT2D eigenvalue weighted by molar-refractivity contribution is 7.71. The average Bonchev–Trinajstić information content (AvgIpc) is 3.14. The molecule has 1 aromatic rings. The molecule has 1 unspecified atom stereocenters. The van der Waals surface area contributed by atoms with Gasteiger partial charge in [-0.1, -0.05) is 26.7 Å². The van der Waals surface area contributed by atoms with E-state index in [0.29, 0.717) is 36.8 Å². The highest BCUT2D eigenvalue weighted by Gasteiger charge is 2.63. The first kappa shape index (κ1) is 20.7. The van der Waals surface area contributed by atoms with Gasteiger partial charge >= 0.3 is 0 Å². The quantitative estimate of drug-likeness (QED) is 0.483. The second kappa shape index (κ2) is 8.96. The Bertz CT molecular complexity index is 748. The summed E-state index contributed by atoms with van der Waals surface area (Å²) in [4.78, 5) is 14.5. The zero-order valence-electron chi connectivity index (χ0n) is 16.4. The molecular weight excluding hydrogens is 368 g/mol. The van der Waals surface area contributed by atoms with Crippen molar-refractivity contribution in [3.05, 3.63) is 26.9 Å². The van der Waals surface area contributed by atoms with Crippen molar-refractivity contribution in [1.29, 1.82) is 0 Å². The van der Waals surface area contributed by atoms with E-state index in [9.17, 15) is 4.79 Å². The number of fused-ring (bicyclic) bond motifs is 2. The summed E-state index contributed by atoms with van der Waals surface area (Å²) in [6, 6.07) is 0. The van der Waals surface area contributed by atoms with Crippen LogP contribution in [0.25, 0.3) is 0 Å². The Balaban J connectivity index is 1.83. The Morgan fingerprint density at radius 3 is 2.81 bits per heavy atom. The van der Waals surface area contributed by atoms with Crippen LogP contribution < -0.4 is 5.56 Å². The minimum Gasteiger partial charge on any atom is -0.378 e. The molecule has 0 amide bonds. The Morgan fingerprint density at radius 2 is 2.07 bits per heavy atom. The molecule has 0 aromatic carbocycles. The van der Waals surface area contributed by atoms with Gasteiger partial charge in [0.15, 0.2) is 11.0 Å². The molecule has 0 radical (unpaired) electrons. The van der Waals surface area contributed by atoms with Gasteiger partial charge in [0.25, 0.3) is 5.56 Å². The minimum atomic E-state index is -0.643. The molecule has 0 aliphatic carbocycles. The van der Waals surface area contributed by atoms with E-state index in [4.69, 9.17) is 31.2 Å². The highest BCUT2D eigenvalue weighted by Crippen LogP contribution is 2.46. The fourth-order valence-corrected chi connectivity index (χ4v) is 3.84. The van der Waals surface area contributed by atoms with Gasteiger partial charge < -0.3 is 18.9 Å². The number of nitrogens with zero attached hydrogens (tertiary/aromatic N) is 1. The highest BCUT2D eigenvalue weighted by atomic mass is 32.1. The molecule has 2 aliphatic rings. The van der Waals surface area contributed by atoms with Crippen LogP contribution in [0.3, 0.4) is 0 Å². The van der Waals surface area contributed by atoms with Gasteiger partial charge in [-0.15, -0.1) is 0 Å². The maximum atomic E-state index is 11.8. The first-order valence-corrected chi connectivity index (χ1v) is 10.2. The lowest BCUT2D eigenvalue weighted by Crippen LogP contribution is -2.46. The van der Waals surface area contributed by atoms with E-state index in [2.05, 4.69) is 18.8 Å². The summed E-state index contributed by atoms with van der Waals surface area (Å²) < 4.78 is 26.7. The van der Waals surface area contributed by atoms with Crippen LogP contribution in [0.5, 0.6) is 0 Å². The molecule has 3 rings (SSSR count). The van der Waals surface area contributed by atoms with Crippen molar-refractivity contribution in [2.24, 2.45) is 0 Å². The molecule has 4 atom stereocenters.